The molecule has 5 rings (SSSR count). The Morgan fingerprint density at radius 1 is 0.889 bits per heavy atom. The Morgan fingerprint density at radius 2 is 1.50 bits per heavy atom. The third kappa shape index (κ3) is 4.39. The van der Waals surface area contributed by atoms with Crippen molar-refractivity contribution >= 4 is 17.6 Å². The van der Waals surface area contributed by atoms with E-state index in [2.05, 4.69) is 29.2 Å². The Bertz CT molecular complexity index is 1170. The van der Waals surface area contributed by atoms with E-state index in [1.807, 2.05) is 67.6 Å². The van der Waals surface area contributed by atoms with Crippen LogP contribution in [0.5, 0.6) is 0 Å². The molecule has 0 radical (unpaired) electrons. The van der Waals surface area contributed by atoms with Crippen LogP contribution in [0.25, 0.3) is 0 Å². The molecule has 0 N–H and O–H groups in total. The Kier molecular flexibility index (Phi) is 6.82. The summed E-state index contributed by atoms with van der Waals surface area (Å²) < 4.78 is 5.29. The van der Waals surface area contributed by atoms with Crippen molar-refractivity contribution in [3.05, 3.63) is 102 Å². The summed E-state index contributed by atoms with van der Waals surface area (Å²) in [5, 5.41) is 0. The fourth-order valence-corrected chi connectivity index (χ4v) is 6.03. The third-order valence-corrected chi connectivity index (χ3v) is 7.86. The summed E-state index contributed by atoms with van der Waals surface area (Å²) in [5.74, 6) is -0.918. The first-order valence-electron chi connectivity index (χ1n) is 12.9. The number of carbonyl (C=O) groups is 2. The molecule has 2 heterocycles. The quantitative estimate of drug-likeness (QED) is 0.470. The highest BCUT2D eigenvalue weighted by atomic mass is 16.5. The number of rotatable bonds is 5. The smallest absolute Gasteiger partial charge is 0.331 e. The van der Waals surface area contributed by atoms with Gasteiger partial charge in [-0.2, -0.15) is 0 Å². The average Bonchev–Trinajstić information content (AvgIpc) is 3.13. The summed E-state index contributed by atoms with van der Waals surface area (Å²) in [6.07, 6.45) is 3.82. The minimum absolute atomic E-state index is 0.0319. The van der Waals surface area contributed by atoms with Crippen LogP contribution in [0.2, 0.25) is 0 Å². The third-order valence-electron chi connectivity index (χ3n) is 7.86. The van der Waals surface area contributed by atoms with E-state index in [9.17, 15) is 9.59 Å². The fraction of sp³-hybridized carbons (Fsp3) is 0.355. The molecule has 186 valence electrons. The minimum Gasteiger partial charge on any atom is -0.467 e. The van der Waals surface area contributed by atoms with Crippen molar-refractivity contribution in [1.29, 1.82) is 0 Å². The number of nitrogens with zero attached hydrogens (tertiary/aromatic N) is 2. The van der Waals surface area contributed by atoms with Gasteiger partial charge in [0.2, 0.25) is 5.91 Å². The van der Waals surface area contributed by atoms with Crippen molar-refractivity contribution in [1.82, 2.24) is 4.90 Å². The number of ether oxygens (including phenoxy) is 1. The number of benzene rings is 3. The van der Waals surface area contributed by atoms with Crippen LogP contribution >= 0.6 is 0 Å². The first-order chi connectivity index (χ1) is 17.5. The molecule has 5 nitrogen and oxygen atoms in total. The van der Waals surface area contributed by atoms with E-state index in [0.717, 1.165) is 36.9 Å². The van der Waals surface area contributed by atoms with Crippen LogP contribution in [0.1, 0.15) is 48.8 Å². The Balaban J connectivity index is 1.54. The van der Waals surface area contributed by atoms with Gasteiger partial charge in [0.05, 0.1) is 13.0 Å². The van der Waals surface area contributed by atoms with Crippen molar-refractivity contribution in [2.24, 2.45) is 0 Å². The molecular formula is C31H34N2O3. The highest BCUT2D eigenvalue weighted by molar-refractivity contribution is 5.94. The van der Waals surface area contributed by atoms with Crippen molar-refractivity contribution in [2.45, 2.75) is 50.1 Å². The Hall–Kier alpha value is -3.60. The highest BCUT2D eigenvalue weighted by Crippen LogP contribution is 2.40. The van der Waals surface area contributed by atoms with Gasteiger partial charge in [0.25, 0.3) is 0 Å². The lowest BCUT2D eigenvalue weighted by atomic mass is 9.88. The molecule has 0 unspecified atom stereocenters. The van der Waals surface area contributed by atoms with Crippen LogP contribution in [0, 0.1) is 0 Å². The van der Waals surface area contributed by atoms with E-state index in [0.29, 0.717) is 13.0 Å². The van der Waals surface area contributed by atoms with Gasteiger partial charge in [-0.15, -0.1) is 0 Å². The molecule has 3 aromatic rings. The summed E-state index contributed by atoms with van der Waals surface area (Å²) in [6.45, 7) is 3.27. The zero-order valence-electron chi connectivity index (χ0n) is 21.1. The summed E-state index contributed by atoms with van der Waals surface area (Å²) in [6, 6.07) is 28.3. The second-order valence-corrected chi connectivity index (χ2v) is 10.1. The van der Waals surface area contributed by atoms with Gasteiger partial charge in [-0.3, -0.25) is 4.79 Å². The van der Waals surface area contributed by atoms with Crippen molar-refractivity contribution in [2.75, 3.05) is 25.1 Å². The minimum atomic E-state index is -1.04. The van der Waals surface area contributed by atoms with E-state index in [4.69, 9.17) is 4.74 Å². The molecule has 2 atom stereocenters. The maximum atomic E-state index is 14.4. The van der Waals surface area contributed by atoms with E-state index in [-0.39, 0.29) is 17.9 Å². The number of aryl methyl sites for hydroxylation is 1. The molecule has 0 saturated carbocycles. The molecule has 0 aliphatic carbocycles. The second-order valence-electron chi connectivity index (χ2n) is 10.1. The fourth-order valence-electron chi connectivity index (χ4n) is 6.03. The molecule has 5 heteroatoms. The molecule has 3 aromatic carbocycles. The topological polar surface area (TPSA) is 49.9 Å². The molecular weight excluding hydrogens is 448 g/mol. The maximum Gasteiger partial charge on any atom is 0.331 e. The normalized spacial score (nSPS) is 21.7. The average molecular weight is 483 g/mol. The zero-order chi connectivity index (χ0) is 25.1. The predicted octanol–water partition coefficient (Wildman–Crippen LogP) is 5.19. The molecule has 1 saturated heterocycles. The number of hydrogen-bond donors (Lipinski definition) is 0. The van der Waals surface area contributed by atoms with Crippen LogP contribution < -0.4 is 4.90 Å². The molecule has 1 fully saturated rings. The van der Waals surface area contributed by atoms with Gasteiger partial charge in [-0.05, 0) is 48.9 Å². The Morgan fingerprint density at radius 3 is 2.14 bits per heavy atom. The first-order valence-corrected chi connectivity index (χ1v) is 12.9. The largest absolute Gasteiger partial charge is 0.467 e. The first kappa shape index (κ1) is 24.1. The van der Waals surface area contributed by atoms with Gasteiger partial charge in [-0.25, -0.2) is 4.79 Å². The zero-order valence-corrected chi connectivity index (χ0v) is 21.1. The van der Waals surface area contributed by atoms with E-state index in [1.165, 1.54) is 18.4 Å². The van der Waals surface area contributed by atoms with Crippen LogP contribution in [-0.4, -0.2) is 48.6 Å². The number of carbonyl (C=O) groups excluding carboxylic acids is 2. The van der Waals surface area contributed by atoms with Crippen molar-refractivity contribution < 1.29 is 14.3 Å². The standard InChI is InChI=1S/C31H34N2O3/c1-31(30(35)36-2)21-26(32-20-12-11-14-23-13-9-10-19-27(23)32)22-33(31)29(34)28(24-15-5-3-6-16-24)25-17-7-4-8-18-25/h3-10,13,15-19,26,28H,11-12,14,20-22H2,1-2H3/t26-,31-/m0/s1. The molecule has 0 bridgehead atoms. The monoisotopic (exact) mass is 482 g/mol. The number of anilines is 1. The van der Waals surface area contributed by atoms with Crippen LogP contribution in [0.15, 0.2) is 84.9 Å². The van der Waals surface area contributed by atoms with Crippen molar-refractivity contribution in [3.63, 3.8) is 0 Å². The maximum absolute atomic E-state index is 14.4. The molecule has 0 aromatic heterocycles. The molecule has 2 aliphatic rings. The summed E-state index contributed by atoms with van der Waals surface area (Å²) in [7, 11) is 1.41. The summed E-state index contributed by atoms with van der Waals surface area (Å²) >= 11 is 0. The molecule has 36 heavy (non-hydrogen) atoms. The van der Waals surface area contributed by atoms with Crippen molar-refractivity contribution in [3.8, 4) is 0 Å². The molecule has 0 spiro atoms. The van der Waals surface area contributed by atoms with Crippen LogP contribution in [-0.2, 0) is 20.7 Å². The van der Waals surface area contributed by atoms with Gasteiger partial charge in [0, 0.05) is 31.2 Å². The number of esters is 1. The number of methoxy groups -OCH3 is 1. The number of fused-ring (bicyclic) bond motifs is 1. The summed E-state index contributed by atoms with van der Waals surface area (Å²) in [5.41, 5.74) is 3.36. The van der Waals surface area contributed by atoms with Gasteiger partial charge < -0.3 is 14.5 Å². The lowest BCUT2D eigenvalue weighted by Crippen LogP contribution is -2.52. The second kappa shape index (κ2) is 10.2. The number of para-hydroxylation sites is 1. The number of amides is 1. The van der Waals surface area contributed by atoms with Crippen LogP contribution in [0.3, 0.4) is 0 Å². The lowest BCUT2D eigenvalue weighted by molar-refractivity contribution is -0.158. The van der Waals surface area contributed by atoms with Gasteiger partial charge in [0.1, 0.15) is 5.54 Å². The SMILES string of the molecule is COC(=O)[C@]1(C)C[C@H](N2CCCCc3ccccc32)CN1C(=O)C(c1ccccc1)c1ccccc1. The van der Waals surface area contributed by atoms with E-state index >= 15 is 0 Å². The number of hydrogen-bond acceptors (Lipinski definition) is 4. The highest BCUT2D eigenvalue weighted by Gasteiger charge is 2.53. The van der Waals surface area contributed by atoms with Gasteiger partial charge >= 0.3 is 5.97 Å². The summed E-state index contributed by atoms with van der Waals surface area (Å²) in [4.78, 5) is 31.9. The van der Waals surface area contributed by atoms with E-state index < -0.39 is 11.5 Å². The van der Waals surface area contributed by atoms with Crippen LogP contribution in [0.4, 0.5) is 5.69 Å². The van der Waals surface area contributed by atoms with E-state index in [1.54, 1.807) is 4.90 Å². The van der Waals surface area contributed by atoms with Gasteiger partial charge in [0.15, 0.2) is 0 Å². The lowest BCUT2D eigenvalue weighted by Gasteiger charge is -2.35. The Labute approximate surface area is 213 Å². The predicted molar refractivity (Wildman–Crippen MR) is 142 cm³/mol. The van der Waals surface area contributed by atoms with Gasteiger partial charge in [-0.1, -0.05) is 78.9 Å². The molecule has 1 amide bonds. The molecule has 2 aliphatic heterocycles. The number of likely N-dealkylation sites (tertiary alicyclic amines) is 1.